The first-order chi connectivity index (χ1) is 30.3. The number of hydrogen-bond donors (Lipinski definition) is 4. The fourth-order valence-electron chi connectivity index (χ4n) is 9.06. The third-order valence-electron chi connectivity index (χ3n) is 12.2. The number of aliphatic carboxylic acids is 2. The summed E-state index contributed by atoms with van der Waals surface area (Å²) < 4.78 is 16.7. The summed E-state index contributed by atoms with van der Waals surface area (Å²) >= 11 is 0. The van der Waals surface area contributed by atoms with Crippen LogP contribution < -0.4 is 26.2 Å². The Bertz CT molecular complexity index is 2560. The van der Waals surface area contributed by atoms with Gasteiger partial charge in [0.2, 0.25) is 0 Å². The molecule has 9 rings (SSSR count). The molecular formula is C46H59N9O8. The number of benzene rings is 3. The minimum Gasteiger partial charge on any atom is -0.480 e. The summed E-state index contributed by atoms with van der Waals surface area (Å²) in [6.07, 6.45) is 9.66. The van der Waals surface area contributed by atoms with Gasteiger partial charge in [-0.3, -0.25) is 19.7 Å². The molecule has 3 aromatic heterocycles. The molecule has 0 radical (unpaired) electrons. The van der Waals surface area contributed by atoms with Gasteiger partial charge in [-0.05, 0) is 66.8 Å². The maximum Gasteiger partial charge on any atom is 0.320 e. The first-order valence-corrected chi connectivity index (χ1v) is 21.6. The van der Waals surface area contributed by atoms with E-state index in [0.717, 1.165) is 104 Å². The van der Waals surface area contributed by atoms with E-state index in [1.54, 1.807) is 23.9 Å². The number of nitrogens with two attached hydrogens (primary N) is 2. The standard InChI is InChI=1S/C17H22N4O4.C16H21N3O3.C13H16N2O/c1-19-10-11(9-12(18)17(22)23)15-13(20-7-3-2-4-8-20)5-6-14(16(15)19)21(24)25;1-18-10-11(9-12(17)16(20)21)15-13(18)3-2-4-14(15)19-5-7-22-8-6-19;1-14-6-5-11-12(14)3-2-4-13(11)15-7-9-16-10-8-15/h5-6,10,12H,2-4,7-9,18H2,1H3,(H,22,23);2-4,10,12H,5-9,17H2,1H3,(H,20,21);2-6H,7-10H2,1H3. The lowest BCUT2D eigenvalue weighted by Crippen LogP contribution is -2.36. The summed E-state index contributed by atoms with van der Waals surface area (Å²) in [6, 6.07) is 16.3. The number of non-ortho nitro benzene ring substituents is 1. The summed E-state index contributed by atoms with van der Waals surface area (Å²) in [5, 5.41) is 32.9. The molecule has 3 saturated heterocycles. The van der Waals surface area contributed by atoms with Crippen LogP contribution in [0, 0.1) is 10.1 Å². The van der Waals surface area contributed by atoms with E-state index in [4.69, 9.17) is 31.2 Å². The molecule has 0 saturated carbocycles. The van der Waals surface area contributed by atoms with Gasteiger partial charge >= 0.3 is 11.9 Å². The van der Waals surface area contributed by atoms with Crippen molar-refractivity contribution in [3.05, 3.63) is 94.4 Å². The van der Waals surface area contributed by atoms with Crippen molar-refractivity contribution in [2.24, 2.45) is 32.6 Å². The third kappa shape index (κ3) is 9.91. The second kappa shape index (κ2) is 19.9. The molecular weight excluding hydrogens is 807 g/mol. The molecule has 3 aromatic carbocycles. The largest absolute Gasteiger partial charge is 0.480 e. The predicted molar refractivity (Wildman–Crippen MR) is 246 cm³/mol. The lowest BCUT2D eigenvalue weighted by molar-refractivity contribution is -0.383. The van der Waals surface area contributed by atoms with E-state index in [1.807, 2.05) is 23.9 Å². The number of hydrogen-bond acceptors (Lipinski definition) is 11. The van der Waals surface area contributed by atoms with Gasteiger partial charge in [0.15, 0.2) is 0 Å². The van der Waals surface area contributed by atoms with Gasteiger partial charge in [0, 0.05) is 137 Å². The van der Waals surface area contributed by atoms with E-state index in [0.29, 0.717) is 25.2 Å². The van der Waals surface area contributed by atoms with Crippen molar-refractivity contribution < 1.29 is 34.2 Å². The van der Waals surface area contributed by atoms with Crippen LogP contribution >= 0.6 is 0 Å². The van der Waals surface area contributed by atoms with Gasteiger partial charge in [-0.1, -0.05) is 12.1 Å². The Balaban J connectivity index is 0.000000145. The maximum absolute atomic E-state index is 11.5. The first kappa shape index (κ1) is 44.9. The number of morpholine rings is 2. The van der Waals surface area contributed by atoms with Crippen molar-refractivity contribution in [1.29, 1.82) is 0 Å². The minimum atomic E-state index is -1.08. The van der Waals surface area contributed by atoms with E-state index >= 15 is 0 Å². The number of aromatic nitrogens is 3. The van der Waals surface area contributed by atoms with E-state index < -0.39 is 28.9 Å². The minimum absolute atomic E-state index is 0.0217. The maximum atomic E-state index is 11.5. The predicted octanol–water partition coefficient (Wildman–Crippen LogP) is 5.02. The quantitative estimate of drug-likeness (QED) is 0.105. The molecule has 0 amide bonds. The van der Waals surface area contributed by atoms with E-state index in [1.165, 1.54) is 29.1 Å². The Morgan fingerprint density at radius 3 is 1.75 bits per heavy atom. The van der Waals surface area contributed by atoms with Crippen molar-refractivity contribution in [3.63, 3.8) is 0 Å². The molecule has 2 atom stereocenters. The molecule has 0 bridgehead atoms. The lowest BCUT2D eigenvalue weighted by atomic mass is 10.0. The fourth-order valence-corrected chi connectivity index (χ4v) is 9.06. The highest BCUT2D eigenvalue weighted by atomic mass is 16.6. The zero-order valence-corrected chi connectivity index (χ0v) is 36.3. The monoisotopic (exact) mass is 865 g/mol. The highest BCUT2D eigenvalue weighted by molar-refractivity contribution is 6.01. The number of nitro benzene ring substituents is 1. The van der Waals surface area contributed by atoms with Crippen molar-refractivity contribution in [3.8, 4) is 0 Å². The number of aryl methyl sites for hydroxylation is 3. The Morgan fingerprint density at radius 1 is 0.651 bits per heavy atom. The van der Waals surface area contributed by atoms with Crippen LogP contribution in [0.25, 0.3) is 32.7 Å². The van der Waals surface area contributed by atoms with Crippen molar-refractivity contribution >= 4 is 67.4 Å². The number of carbonyl (C=O) groups is 2. The number of nitrogens with zero attached hydrogens (tertiary/aromatic N) is 7. The second-order valence-corrected chi connectivity index (χ2v) is 16.5. The lowest BCUT2D eigenvalue weighted by Gasteiger charge is -2.29. The molecule has 6 aromatic rings. The third-order valence-corrected chi connectivity index (χ3v) is 12.2. The Labute approximate surface area is 366 Å². The summed E-state index contributed by atoms with van der Waals surface area (Å²) in [7, 11) is 5.80. The Morgan fingerprint density at radius 2 is 1.16 bits per heavy atom. The van der Waals surface area contributed by atoms with Crippen molar-refractivity contribution in [2.75, 3.05) is 80.4 Å². The average molecular weight is 866 g/mol. The Hall–Kier alpha value is -6.14. The van der Waals surface area contributed by atoms with Gasteiger partial charge in [-0.25, -0.2) is 0 Å². The van der Waals surface area contributed by atoms with Crippen molar-refractivity contribution in [1.82, 2.24) is 13.7 Å². The number of fused-ring (bicyclic) bond motifs is 3. The zero-order valence-electron chi connectivity index (χ0n) is 36.3. The van der Waals surface area contributed by atoms with Gasteiger partial charge in [-0.2, -0.15) is 0 Å². The normalized spacial score (nSPS) is 16.6. The Kier molecular flexibility index (Phi) is 14.2. The van der Waals surface area contributed by atoms with Crippen LogP contribution in [0.4, 0.5) is 22.7 Å². The smallest absolute Gasteiger partial charge is 0.320 e. The number of nitro groups is 1. The van der Waals surface area contributed by atoms with Gasteiger partial charge in [0.05, 0.1) is 36.9 Å². The molecule has 336 valence electrons. The van der Waals surface area contributed by atoms with Gasteiger partial charge in [-0.15, -0.1) is 0 Å². The number of carboxylic acid groups (broad SMARTS) is 2. The molecule has 6 heterocycles. The second-order valence-electron chi connectivity index (χ2n) is 16.5. The molecule has 0 aliphatic carbocycles. The number of carboxylic acids is 2. The summed E-state index contributed by atoms with van der Waals surface area (Å²) in [6.45, 7) is 8.57. The molecule has 17 heteroatoms. The molecule has 3 aliphatic heterocycles. The molecule has 6 N–H and O–H groups in total. The van der Waals surface area contributed by atoms with Crippen molar-refractivity contribution in [2.45, 2.75) is 44.2 Å². The van der Waals surface area contributed by atoms with Crippen LogP contribution in [-0.4, -0.2) is 119 Å². The van der Waals surface area contributed by atoms with Gasteiger partial charge < -0.3 is 59.6 Å². The van der Waals surface area contributed by atoms with Crippen LogP contribution in [-0.2, 0) is 53.0 Å². The molecule has 3 aliphatic rings. The van der Waals surface area contributed by atoms with Gasteiger partial charge in [0.1, 0.15) is 17.6 Å². The van der Waals surface area contributed by atoms with Crippen LogP contribution in [0.2, 0.25) is 0 Å². The summed E-state index contributed by atoms with van der Waals surface area (Å²) in [4.78, 5) is 40.2. The SMILES string of the molecule is Cn1cc(CC(N)C(=O)O)c2c(N3CCCCC3)ccc([N+](=O)[O-])c21.Cn1cc(CC(N)C(=O)O)c2c(N3CCOCC3)cccc21.Cn1ccc2c(N3CCOCC3)cccc21. The molecule has 63 heavy (non-hydrogen) atoms. The number of ether oxygens (including phenoxy) is 2. The fraction of sp³-hybridized carbons (Fsp3) is 0.435. The molecule has 3 fully saturated rings. The number of anilines is 3. The van der Waals surface area contributed by atoms with Crippen LogP contribution in [0.5, 0.6) is 0 Å². The average Bonchev–Trinajstić information content (AvgIpc) is 3.95. The summed E-state index contributed by atoms with van der Waals surface area (Å²) in [5.41, 5.74) is 19.5. The summed E-state index contributed by atoms with van der Waals surface area (Å²) in [5.74, 6) is -2.05. The number of rotatable bonds is 10. The molecule has 17 nitrogen and oxygen atoms in total. The van der Waals surface area contributed by atoms with E-state index in [9.17, 15) is 19.7 Å². The molecule has 0 spiro atoms. The van der Waals surface area contributed by atoms with Crippen LogP contribution in [0.3, 0.4) is 0 Å². The zero-order chi connectivity index (χ0) is 44.8. The number of piperidine rings is 1. The van der Waals surface area contributed by atoms with Crippen LogP contribution in [0.15, 0.2) is 73.2 Å². The molecule has 2 unspecified atom stereocenters. The first-order valence-electron chi connectivity index (χ1n) is 21.6. The van der Waals surface area contributed by atoms with Gasteiger partial charge in [0.25, 0.3) is 5.69 Å². The van der Waals surface area contributed by atoms with E-state index in [-0.39, 0.29) is 12.1 Å². The topological polar surface area (TPSA) is 213 Å². The highest BCUT2D eigenvalue weighted by Gasteiger charge is 2.27. The van der Waals surface area contributed by atoms with Crippen LogP contribution in [0.1, 0.15) is 30.4 Å². The highest BCUT2D eigenvalue weighted by Crippen LogP contribution is 2.39. The van der Waals surface area contributed by atoms with E-state index in [2.05, 4.69) is 68.9 Å².